The first kappa shape index (κ1) is 18.1. The monoisotopic (exact) mass is 401 g/mol. The van der Waals surface area contributed by atoms with Crippen LogP contribution in [0.2, 0.25) is 0 Å². The van der Waals surface area contributed by atoms with Crippen LogP contribution in [0.4, 0.5) is 0 Å². The molecule has 0 saturated heterocycles. The van der Waals surface area contributed by atoms with Crippen molar-refractivity contribution >= 4 is 16.7 Å². The van der Waals surface area contributed by atoms with Gasteiger partial charge in [0.15, 0.2) is 5.76 Å². The average molecular weight is 402 g/mol. The summed E-state index contributed by atoms with van der Waals surface area (Å²) >= 11 is 0. The largest absolute Gasteiger partial charge is 0.486 e. The smallest absolute Gasteiger partial charge is 0.287 e. The van der Waals surface area contributed by atoms with Gasteiger partial charge < -0.3 is 14.5 Å². The number of nitrogens with one attached hydrogen (secondary N) is 1. The van der Waals surface area contributed by atoms with Crippen LogP contribution in [0.5, 0.6) is 5.75 Å². The fraction of sp³-hybridized carbons (Fsp3) is 0.423. The van der Waals surface area contributed by atoms with Gasteiger partial charge in [-0.25, -0.2) is 0 Å². The molecule has 0 aliphatic heterocycles. The number of hydrogen-bond acceptors (Lipinski definition) is 3. The Labute approximate surface area is 176 Å². The summed E-state index contributed by atoms with van der Waals surface area (Å²) in [5, 5.41) is 5.70. The zero-order chi connectivity index (χ0) is 20.1. The second kappa shape index (κ2) is 6.90. The van der Waals surface area contributed by atoms with Crippen LogP contribution in [-0.4, -0.2) is 11.4 Å². The lowest BCUT2D eigenvalue weighted by atomic mass is 9.53. The standard InChI is InChI=1S/C26H27NO3/c28-25(27-26-13-17-9-18(14-26)11-19(10-17)15-26)24-8-7-23(30-24)16-29-22-6-5-20-3-1-2-4-21(20)12-22/h1-8,12,17-19H,9-11,13-16H2,(H,27,28). The molecular formula is C26H27NO3. The zero-order valence-corrected chi connectivity index (χ0v) is 17.1. The van der Waals surface area contributed by atoms with Crippen LogP contribution in [0, 0.1) is 17.8 Å². The Hall–Kier alpha value is -2.75. The van der Waals surface area contributed by atoms with Crippen LogP contribution in [-0.2, 0) is 6.61 Å². The number of amides is 1. The topological polar surface area (TPSA) is 51.5 Å². The molecular weight excluding hydrogens is 374 g/mol. The Morgan fingerprint density at radius 2 is 1.63 bits per heavy atom. The first-order valence-corrected chi connectivity index (χ1v) is 11.2. The number of benzene rings is 2. The van der Waals surface area contributed by atoms with E-state index in [4.69, 9.17) is 9.15 Å². The highest BCUT2D eigenvalue weighted by atomic mass is 16.5. The number of carbonyl (C=O) groups is 1. The van der Waals surface area contributed by atoms with Crippen molar-refractivity contribution in [3.8, 4) is 5.75 Å². The Kier molecular flexibility index (Phi) is 4.15. The van der Waals surface area contributed by atoms with E-state index in [1.807, 2.05) is 30.3 Å². The summed E-state index contributed by atoms with van der Waals surface area (Å²) in [6.07, 6.45) is 7.53. The first-order chi connectivity index (χ1) is 14.6. The van der Waals surface area contributed by atoms with E-state index in [1.54, 1.807) is 6.07 Å². The van der Waals surface area contributed by atoms with Crippen molar-refractivity contribution in [3.63, 3.8) is 0 Å². The number of furan rings is 1. The minimum atomic E-state index is -0.0751. The van der Waals surface area contributed by atoms with Crippen LogP contribution >= 0.6 is 0 Å². The molecule has 30 heavy (non-hydrogen) atoms. The summed E-state index contributed by atoms with van der Waals surface area (Å²) in [5.41, 5.74) is 0.000379. The SMILES string of the molecule is O=C(NC12CC3CC(CC(C3)C1)C2)c1ccc(COc2ccc3ccccc3c2)o1. The molecule has 1 amide bonds. The molecule has 4 aliphatic carbocycles. The molecule has 4 saturated carbocycles. The van der Waals surface area contributed by atoms with E-state index in [2.05, 4.69) is 23.5 Å². The van der Waals surface area contributed by atoms with E-state index < -0.39 is 0 Å². The number of hydrogen-bond donors (Lipinski definition) is 1. The van der Waals surface area contributed by atoms with Crippen LogP contribution < -0.4 is 10.1 Å². The molecule has 2 aromatic carbocycles. The van der Waals surface area contributed by atoms with Crippen molar-refractivity contribution in [2.24, 2.45) is 17.8 Å². The maximum absolute atomic E-state index is 12.9. The second-order valence-corrected chi connectivity index (χ2v) is 9.72. The van der Waals surface area contributed by atoms with E-state index in [9.17, 15) is 4.79 Å². The van der Waals surface area contributed by atoms with Crippen molar-refractivity contribution in [3.05, 3.63) is 66.1 Å². The molecule has 4 fully saturated rings. The average Bonchev–Trinajstić information content (AvgIpc) is 3.20. The molecule has 154 valence electrons. The minimum Gasteiger partial charge on any atom is -0.486 e. The molecule has 4 bridgehead atoms. The molecule has 0 spiro atoms. The highest BCUT2D eigenvalue weighted by molar-refractivity contribution is 5.92. The first-order valence-electron chi connectivity index (χ1n) is 11.2. The molecule has 1 N–H and O–H groups in total. The molecule has 0 unspecified atom stereocenters. The second-order valence-electron chi connectivity index (χ2n) is 9.72. The van der Waals surface area contributed by atoms with Crippen LogP contribution in [0.25, 0.3) is 10.8 Å². The third-order valence-electron chi connectivity index (χ3n) is 7.40. The van der Waals surface area contributed by atoms with Crippen LogP contribution in [0.3, 0.4) is 0 Å². The predicted molar refractivity (Wildman–Crippen MR) is 115 cm³/mol. The van der Waals surface area contributed by atoms with Crippen LogP contribution in [0.1, 0.15) is 54.8 Å². The molecule has 0 atom stereocenters. The predicted octanol–water partition coefficient (Wildman–Crippen LogP) is 5.71. The third-order valence-corrected chi connectivity index (χ3v) is 7.40. The molecule has 4 nitrogen and oxygen atoms in total. The summed E-state index contributed by atoms with van der Waals surface area (Å²) in [7, 11) is 0. The van der Waals surface area contributed by atoms with E-state index in [1.165, 1.54) is 24.6 Å². The lowest BCUT2D eigenvalue weighted by Crippen LogP contribution is -2.59. The fourth-order valence-electron chi connectivity index (χ4n) is 6.56. The number of carbonyl (C=O) groups excluding carboxylic acids is 1. The van der Waals surface area contributed by atoms with Gasteiger partial charge in [0, 0.05) is 5.54 Å². The van der Waals surface area contributed by atoms with Gasteiger partial charge in [0.25, 0.3) is 5.91 Å². The van der Waals surface area contributed by atoms with E-state index in [0.717, 1.165) is 48.2 Å². The lowest BCUT2D eigenvalue weighted by Gasteiger charge is -2.56. The van der Waals surface area contributed by atoms with Gasteiger partial charge in [0.1, 0.15) is 18.1 Å². The van der Waals surface area contributed by atoms with Crippen molar-refractivity contribution < 1.29 is 13.9 Å². The number of rotatable bonds is 5. The summed E-state index contributed by atoms with van der Waals surface area (Å²) in [4.78, 5) is 12.9. The lowest BCUT2D eigenvalue weighted by molar-refractivity contribution is -0.0171. The van der Waals surface area contributed by atoms with Gasteiger partial charge in [-0.3, -0.25) is 4.79 Å². The van der Waals surface area contributed by atoms with Crippen LogP contribution in [0.15, 0.2) is 59.0 Å². The normalized spacial score (nSPS) is 29.3. The van der Waals surface area contributed by atoms with Gasteiger partial charge in [-0.2, -0.15) is 0 Å². The molecule has 1 aromatic heterocycles. The summed E-state index contributed by atoms with van der Waals surface area (Å²) in [5.74, 6) is 4.19. The van der Waals surface area contributed by atoms with Gasteiger partial charge in [-0.15, -0.1) is 0 Å². The molecule has 7 rings (SSSR count). The fourth-order valence-corrected chi connectivity index (χ4v) is 6.56. The van der Waals surface area contributed by atoms with Gasteiger partial charge in [-0.1, -0.05) is 30.3 Å². The minimum absolute atomic E-state index is 0.000379. The third kappa shape index (κ3) is 3.28. The molecule has 0 radical (unpaired) electrons. The zero-order valence-electron chi connectivity index (χ0n) is 17.1. The quantitative estimate of drug-likeness (QED) is 0.596. The molecule has 4 heteroatoms. The number of fused-ring (bicyclic) bond motifs is 1. The van der Waals surface area contributed by atoms with Crippen molar-refractivity contribution in [1.29, 1.82) is 0 Å². The number of ether oxygens (including phenoxy) is 1. The Morgan fingerprint density at radius 3 is 2.37 bits per heavy atom. The Bertz CT molecular complexity index is 1060. The van der Waals surface area contributed by atoms with E-state index in [0.29, 0.717) is 18.1 Å². The van der Waals surface area contributed by atoms with Crippen molar-refractivity contribution in [1.82, 2.24) is 5.32 Å². The maximum Gasteiger partial charge on any atom is 0.287 e. The van der Waals surface area contributed by atoms with Crippen molar-refractivity contribution in [2.45, 2.75) is 50.7 Å². The van der Waals surface area contributed by atoms with Crippen molar-refractivity contribution in [2.75, 3.05) is 0 Å². The van der Waals surface area contributed by atoms with Gasteiger partial charge in [0.05, 0.1) is 0 Å². The summed E-state index contributed by atoms with van der Waals surface area (Å²) < 4.78 is 11.7. The van der Waals surface area contributed by atoms with Gasteiger partial charge >= 0.3 is 0 Å². The summed E-state index contributed by atoms with van der Waals surface area (Å²) in [6, 6.07) is 17.9. The maximum atomic E-state index is 12.9. The molecule has 4 aliphatic rings. The van der Waals surface area contributed by atoms with E-state index in [-0.39, 0.29) is 11.4 Å². The molecule has 1 heterocycles. The van der Waals surface area contributed by atoms with E-state index >= 15 is 0 Å². The Balaban J connectivity index is 1.11. The highest BCUT2D eigenvalue weighted by Gasteiger charge is 2.51. The van der Waals surface area contributed by atoms with Gasteiger partial charge in [-0.05, 0) is 91.3 Å². The van der Waals surface area contributed by atoms with Gasteiger partial charge in [0.2, 0.25) is 0 Å². The highest BCUT2D eigenvalue weighted by Crippen LogP contribution is 2.55. The Morgan fingerprint density at radius 1 is 0.933 bits per heavy atom. The molecule has 3 aromatic rings. The summed E-state index contributed by atoms with van der Waals surface area (Å²) in [6.45, 7) is 0.309.